The summed E-state index contributed by atoms with van der Waals surface area (Å²) in [6, 6.07) is 0.305. The predicted molar refractivity (Wildman–Crippen MR) is 74.3 cm³/mol. The van der Waals surface area contributed by atoms with Gasteiger partial charge >= 0.3 is 31.5 Å². The Morgan fingerprint density at radius 1 is 0.750 bits per heavy atom. The van der Waals surface area contributed by atoms with E-state index in [9.17, 15) is 0 Å². The van der Waals surface area contributed by atoms with Gasteiger partial charge < -0.3 is 11.5 Å². The molecule has 0 heterocycles. The molecule has 0 aromatic heterocycles. The van der Waals surface area contributed by atoms with Crippen molar-refractivity contribution >= 4 is 10.4 Å². The first-order valence-corrected chi connectivity index (χ1v) is 8.31. The molecule has 0 amide bonds. The van der Waals surface area contributed by atoms with Crippen LogP contribution in [-0.4, -0.2) is 29.6 Å². The van der Waals surface area contributed by atoms with Gasteiger partial charge in [-0.1, -0.05) is 63.2 Å². The van der Waals surface area contributed by atoms with Crippen molar-refractivity contribution in [2.24, 2.45) is 11.8 Å². The quantitative estimate of drug-likeness (QED) is 0.549. The Kier molecular flexibility index (Phi) is 9.71. The van der Waals surface area contributed by atoms with Gasteiger partial charge in [-0.2, -0.15) is 8.42 Å². The standard InChI is InChI=1S/C12H22N2.H2O4S.Pt/c13-11-7-3-1-5-9(11)10-6-2-4-8-12(10)14;1-5(2,3)4;/h9-14H,1-8H2;(H2,1,2,3,4);/q-2;;+2. The van der Waals surface area contributed by atoms with Crippen LogP contribution in [0.2, 0.25) is 0 Å². The topological polar surface area (TPSA) is 122 Å². The Hall–Kier alpha value is 0.478. The van der Waals surface area contributed by atoms with Crippen molar-refractivity contribution in [3.05, 3.63) is 11.5 Å². The van der Waals surface area contributed by atoms with Crippen LogP contribution < -0.4 is 0 Å². The van der Waals surface area contributed by atoms with Crippen LogP contribution in [0.3, 0.4) is 0 Å². The van der Waals surface area contributed by atoms with Gasteiger partial charge in [0.15, 0.2) is 0 Å². The molecule has 2 saturated carbocycles. The van der Waals surface area contributed by atoms with Crippen molar-refractivity contribution in [1.82, 2.24) is 0 Å². The van der Waals surface area contributed by atoms with Gasteiger partial charge in [-0.05, 0) is 0 Å². The zero-order valence-corrected chi connectivity index (χ0v) is 14.5. The number of nitrogens with one attached hydrogen (secondary N) is 2. The SMILES string of the molecule is O=S(=O)(O)O.[NH-]C1CCCCC1C1CCCCC1[NH-].[Pt+2]. The summed E-state index contributed by atoms with van der Waals surface area (Å²) in [5, 5.41) is 0. The maximum Gasteiger partial charge on any atom is 2.00 e. The first-order chi connectivity index (χ1) is 8.79. The Balaban J connectivity index is 0.000000526. The van der Waals surface area contributed by atoms with Crippen molar-refractivity contribution in [1.29, 1.82) is 0 Å². The molecular weight excluding hydrogens is 463 g/mol. The van der Waals surface area contributed by atoms with Gasteiger partial charge in [0.1, 0.15) is 0 Å². The minimum Gasteiger partial charge on any atom is -0.674 e. The van der Waals surface area contributed by atoms with Gasteiger partial charge in [-0.3, -0.25) is 9.11 Å². The normalized spacial score (nSPS) is 34.4. The first-order valence-electron chi connectivity index (χ1n) is 6.91. The van der Waals surface area contributed by atoms with Crippen molar-refractivity contribution in [3.63, 3.8) is 0 Å². The Labute approximate surface area is 135 Å². The van der Waals surface area contributed by atoms with Crippen LogP contribution in [0.25, 0.3) is 11.5 Å². The van der Waals surface area contributed by atoms with Gasteiger partial charge in [-0.25, -0.2) is 0 Å². The summed E-state index contributed by atoms with van der Waals surface area (Å²) in [5.41, 5.74) is 16.1. The number of rotatable bonds is 1. The zero-order chi connectivity index (χ0) is 14.5. The molecular formula is C12H24N2O4PtS. The van der Waals surface area contributed by atoms with Crippen LogP contribution in [0.1, 0.15) is 51.4 Å². The van der Waals surface area contributed by atoms with Crippen LogP contribution >= 0.6 is 0 Å². The molecule has 2 rings (SSSR count). The molecule has 0 aliphatic heterocycles. The van der Waals surface area contributed by atoms with Gasteiger partial charge in [-0.15, -0.1) is 12.1 Å². The Morgan fingerprint density at radius 2 is 1.00 bits per heavy atom. The molecule has 20 heavy (non-hydrogen) atoms. The summed E-state index contributed by atoms with van der Waals surface area (Å²) in [4.78, 5) is 0. The number of hydrogen-bond acceptors (Lipinski definition) is 2. The molecule has 2 aliphatic carbocycles. The second-order valence-corrected chi connectivity index (χ2v) is 6.45. The largest absolute Gasteiger partial charge is 2.00 e. The molecule has 0 bridgehead atoms. The van der Waals surface area contributed by atoms with E-state index in [0.29, 0.717) is 11.8 Å². The second-order valence-electron chi connectivity index (χ2n) is 5.56. The third kappa shape index (κ3) is 8.05. The van der Waals surface area contributed by atoms with E-state index in [4.69, 9.17) is 29.0 Å². The monoisotopic (exact) mass is 487 g/mol. The average molecular weight is 487 g/mol. The minimum absolute atomic E-state index is 0. The Morgan fingerprint density at radius 3 is 1.25 bits per heavy atom. The molecule has 122 valence electrons. The van der Waals surface area contributed by atoms with Gasteiger partial charge in [0.05, 0.1) is 0 Å². The Bertz CT molecular complexity index is 338. The first kappa shape index (κ1) is 20.5. The third-order valence-electron chi connectivity index (χ3n) is 4.19. The van der Waals surface area contributed by atoms with E-state index in [1.54, 1.807) is 0 Å². The summed E-state index contributed by atoms with van der Waals surface area (Å²) in [7, 11) is -4.67. The molecule has 2 fully saturated rings. The molecule has 4 atom stereocenters. The molecule has 0 radical (unpaired) electrons. The van der Waals surface area contributed by atoms with Crippen LogP contribution in [0, 0.1) is 11.8 Å². The predicted octanol–water partition coefficient (Wildman–Crippen LogP) is 3.55. The summed E-state index contributed by atoms with van der Waals surface area (Å²) in [6.07, 6.45) is 9.76. The molecule has 0 spiro atoms. The van der Waals surface area contributed by atoms with Crippen LogP contribution in [0.15, 0.2) is 0 Å². The molecule has 0 aromatic rings. The summed E-state index contributed by atoms with van der Waals surface area (Å²) in [5.74, 6) is 1.12. The summed E-state index contributed by atoms with van der Waals surface area (Å²) < 4.78 is 31.6. The van der Waals surface area contributed by atoms with E-state index in [-0.39, 0.29) is 33.1 Å². The van der Waals surface area contributed by atoms with E-state index >= 15 is 0 Å². The second kappa shape index (κ2) is 9.49. The van der Waals surface area contributed by atoms with Crippen molar-refractivity contribution < 1.29 is 38.6 Å². The van der Waals surface area contributed by atoms with Crippen molar-refractivity contribution in [3.8, 4) is 0 Å². The van der Waals surface area contributed by atoms with Gasteiger partial charge in [0.25, 0.3) is 0 Å². The third-order valence-corrected chi connectivity index (χ3v) is 4.19. The average Bonchev–Trinajstić information content (AvgIpc) is 2.29. The fourth-order valence-electron chi connectivity index (χ4n) is 3.34. The molecule has 0 aromatic carbocycles. The van der Waals surface area contributed by atoms with E-state index in [2.05, 4.69) is 0 Å². The van der Waals surface area contributed by atoms with Gasteiger partial charge in [0.2, 0.25) is 0 Å². The maximum atomic E-state index is 8.74. The van der Waals surface area contributed by atoms with Crippen LogP contribution in [0.5, 0.6) is 0 Å². The smallest absolute Gasteiger partial charge is 0.674 e. The fourth-order valence-corrected chi connectivity index (χ4v) is 3.34. The maximum absolute atomic E-state index is 8.74. The van der Waals surface area contributed by atoms with Crippen molar-refractivity contribution in [2.45, 2.75) is 63.5 Å². The molecule has 0 saturated heterocycles. The van der Waals surface area contributed by atoms with Crippen LogP contribution in [0.4, 0.5) is 0 Å². The van der Waals surface area contributed by atoms with Crippen LogP contribution in [-0.2, 0) is 31.5 Å². The fraction of sp³-hybridized carbons (Fsp3) is 1.00. The summed E-state index contributed by atoms with van der Waals surface area (Å²) in [6.45, 7) is 0. The van der Waals surface area contributed by atoms with Gasteiger partial charge in [0, 0.05) is 0 Å². The molecule has 4 unspecified atom stereocenters. The molecule has 4 N–H and O–H groups in total. The molecule has 2 aliphatic rings. The van der Waals surface area contributed by atoms with Crippen molar-refractivity contribution in [2.75, 3.05) is 0 Å². The van der Waals surface area contributed by atoms with E-state index in [1.165, 1.54) is 38.5 Å². The molecule has 6 nitrogen and oxygen atoms in total. The molecule has 8 heteroatoms. The van der Waals surface area contributed by atoms with E-state index in [1.807, 2.05) is 0 Å². The summed E-state index contributed by atoms with van der Waals surface area (Å²) >= 11 is 0. The minimum atomic E-state index is -4.67. The van der Waals surface area contributed by atoms with E-state index in [0.717, 1.165) is 12.8 Å². The zero-order valence-electron chi connectivity index (χ0n) is 11.4. The number of hydrogen-bond donors (Lipinski definition) is 2. The van der Waals surface area contributed by atoms with E-state index < -0.39 is 10.4 Å².